The Bertz CT molecular complexity index is 855. The van der Waals surface area contributed by atoms with Crippen LogP contribution in [-0.4, -0.2) is 43.2 Å². The van der Waals surface area contributed by atoms with E-state index in [0.29, 0.717) is 0 Å². The molecule has 0 spiro atoms. The van der Waals surface area contributed by atoms with Crippen LogP contribution in [0.25, 0.3) is 0 Å². The third-order valence-electron chi connectivity index (χ3n) is 5.06. The molecule has 0 saturated carbocycles. The third-order valence-corrected chi connectivity index (χ3v) is 5.71. The van der Waals surface area contributed by atoms with E-state index >= 15 is 0 Å². The number of benzene rings is 2. The number of hydrazone groups is 1. The minimum absolute atomic E-state index is 0.0324. The van der Waals surface area contributed by atoms with E-state index in [1.54, 1.807) is 14.2 Å². The summed E-state index contributed by atoms with van der Waals surface area (Å²) in [6.07, 6.45) is 3.88. The highest BCUT2D eigenvalue weighted by Gasteiger charge is 2.39. The average molecular weight is 385 g/mol. The van der Waals surface area contributed by atoms with Crippen LogP contribution in [0.4, 0.5) is 0 Å². The van der Waals surface area contributed by atoms with Crippen molar-refractivity contribution in [3.05, 3.63) is 53.6 Å². The minimum Gasteiger partial charge on any atom is -0.493 e. The second-order valence-corrected chi connectivity index (χ2v) is 7.59. The van der Waals surface area contributed by atoms with Crippen LogP contribution in [0.1, 0.15) is 30.0 Å². The van der Waals surface area contributed by atoms with E-state index in [9.17, 15) is 0 Å². The first-order valence-corrected chi connectivity index (χ1v) is 10.5. The highest BCUT2D eigenvalue weighted by atomic mass is 32.2. The number of para-hydroxylation sites is 1. The number of methoxy groups -OCH3 is 2. The Hall–Kier alpha value is -2.34. The number of hydrogen-bond acceptors (Lipinski definition) is 6. The van der Waals surface area contributed by atoms with Crippen LogP contribution < -0.4 is 14.2 Å². The molecule has 0 radical (unpaired) electrons. The van der Waals surface area contributed by atoms with Gasteiger partial charge in [0.05, 0.1) is 26.0 Å². The minimum atomic E-state index is -0.0324. The molecule has 2 aromatic carbocycles. The number of thioether (sulfide) groups is 1. The van der Waals surface area contributed by atoms with Crippen molar-refractivity contribution in [3.8, 4) is 17.2 Å². The summed E-state index contributed by atoms with van der Waals surface area (Å²) in [6, 6.07) is 14.5. The maximum Gasteiger partial charge on any atom is 0.188 e. The zero-order chi connectivity index (χ0) is 18.8. The molecule has 0 amide bonds. The zero-order valence-corrected chi connectivity index (χ0v) is 16.7. The first-order valence-electron chi connectivity index (χ1n) is 9.08. The molecule has 2 aromatic rings. The van der Waals surface area contributed by atoms with Crippen LogP contribution in [0.3, 0.4) is 0 Å². The maximum atomic E-state index is 6.27. The monoisotopic (exact) mass is 384 g/mol. The van der Waals surface area contributed by atoms with Crippen molar-refractivity contribution in [2.45, 2.75) is 25.1 Å². The van der Waals surface area contributed by atoms with Crippen LogP contribution in [-0.2, 0) is 0 Å². The molecule has 0 bridgehead atoms. The molecular formula is C21H24N2O3S. The maximum absolute atomic E-state index is 6.27. The molecule has 0 saturated heterocycles. The van der Waals surface area contributed by atoms with Crippen molar-refractivity contribution < 1.29 is 14.2 Å². The molecule has 0 aliphatic carbocycles. The van der Waals surface area contributed by atoms with E-state index in [2.05, 4.69) is 29.5 Å². The van der Waals surface area contributed by atoms with Crippen LogP contribution in [0, 0.1) is 0 Å². The smallest absolute Gasteiger partial charge is 0.188 e. The largest absolute Gasteiger partial charge is 0.493 e. The first-order chi connectivity index (χ1) is 13.2. The number of fused-ring (bicyclic) bond motifs is 3. The van der Waals surface area contributed by atoms with Gasteiger partial charge in [-0.2, -0.15) is 16.9 Å². The summed E-state index contributed by atoms with van der Waals surface area (Å²) >= 11 is 1.83. The van der Waals surface area contributed by atoms with E-state index in [1.165, 1.54) is 5.56 Å². The number of ether oxygens (including phenoxy) is 3. The van der Waals surface area contributed by atoms with Crippen molar-refractivity contribution >= 4 is 17.5 Å². The lowest BCUT2D eigenvalue weighted by Crippen LogP contribution is -2.40. The van der Waals surface area contributed by atoms with Gasteiger partial charge in [-0.05, 0) is 36.3 Å². The second kappa shape index (κ2) is 7.72. The molecule has 0 fully saturated rings. The summed E-state index contributed by atoms with van der Waals surface area (Å²) in [5, 5.41) is 7.11. The number of hydrogen-bond donors (Lipinski definition) is 0. The first kappa shape index (κ1) is 18.0. The molecule has 2 heterocycles. The lowest BCUT2D eigenvalue weighted by molar-refractivity contribution is -0.0180. The van der Waals surface area contributed by atoms with Gasteiger partial charge in [0.2, 0.25) is 0 Å². The molecule has 0 aromatic heterocycles. The fourth-order valence-electron chi connectivity index (χ4n) is 3.71. The van der Waals surface area contributed by atoms with Crippen molar-refractivity contribution in [2.24, 2.45) is 5.10 Å². The van der Waals surface area contributed by atoms with Crippen LogP contribution in [0.2, 0.25) is 0 Å². The standard InChI is InChI=1S/C21H24N2O3S/c1-24-19-9-8-14(12-20(19)25-2)16-13-17-15-6-4-5-7-18(15)26-21(10-11-27-3)23(17)22-16/h4-9,12,17,21H,10-11,13H2,1-3H3/t17-,21-/m1/s1. The van der Waals surface area contributed by atoms with Gasteiger partial charge in [-0.3, -0.25) is 5.01 Å². The fraction of sp³-hybridized carbons (Fsp3) is 0.381. The third kappa shape index (κ3) is 3.34. The van der Waals surface area contributed by atoms with E-state index < -0.39 is 0 Å². The van der Waals surface area contributed by atoms with Gasteiger partial charge in [0.25, 0.3) is 0 Å². The molecule has 2 aliphatic heterocycles. The van der Waals surface area contributed by atoms with Gasteiger partial charge < -0.3 is 14.2 Å². The van der Waals surface area contributed by atoms with Gasteiger partial charge in [-0.15, -0.1) is 0 Å². The van der Waals surface area contributed by atoms with Gasteiger partial charge in [0, 0.05) is 24.0 Å². The van der Waals surface area contributed by atoms with E-state index in [-0.39, 0.29) is 12.3 Å². The Kier molecular flexibility index (Phi) is 5.16. The Morgan fingerprint density at radius 1 is 1.15 bits per heavy atom. The highest BCUT2D eigenvalue weighted by molar-refractivity contribution is 7.98. The topological polar surface area (TPSA) is 43.3 Å². The summed E-state index contributed by atoms with van der Waals surface area (Å²) in [4.78, 5) is 0. The van der Waals surface area contributed by atoms with Crippen molar-refractivity contribution in [1.82, 2.24) is 5.01 Å². The summed E-state index contributed by atoms with van der Waals surface area (Å²) in [5.74, 6) is 3.47. The predicted molar refractivity (Wildman–Crippen MR) is 109 cm³/mol. The fourth-order valence-corrected chi connectivity index (χ4v) is 4.15. The Labute approximate surface area is 164 Å². The molecule has 2 atom stereocenters. The molecule has 5 nitrogen and oxygen atoms in total. The van der Waals surface area contributed by atoms with Gasteiger partial charge in [0.1, 0.15) is 5.75 Å². The van der Waals surface area contributed by atoms with E-state index in [1.807, 2.05) is 36.0 Å². The van der Waals surface area contributed by atoms with Gasteiger partial charge in [-0.25, -0.2) is 0 Å². The van der Waals surface area contributed by atoms with Crippen LogP contribution in [0.5, 0.6) is 17.2 Å². The predicted octanol–water partition coefficient (Wildman–Crippen LogP) is 4.33. The summed E-state index contributed by atoms with van der Waals surface area (Å²) in [5.41, 5.74) is 3.32. The van der Waals surface area contributed by atoms with Gasteiger partial charge in [0.15, 0.2) is 17.7 Å². The SMILES string of the molecule is COc1ccc(C2=NN3[C@H](C2)c2ccccc2O[C@@H]3CCSC)cc1OC. The van der Waals surface area contributed by atoms with Crippen molar-refractivity contribution in [1.29, 1.82) is 0 Å². The summed E-state index contributed by atoms with van der Waals surface area (Å²) in [7, 11) is 3.30. The molecule has 2 aliphatic rings. The van der Waals surface area contributed by atoms with Crippen LogP contribution >= 0.6 is 11.8 Å². The van der Waals surface area contributed by atoms with E-state index in [4.69, 9.17) is 19.3 Å². The molecule has 27 heavy (non-hydrogen) atoms. The lowest BCUT2D eigenvalue weighted by Gasteiger charge is -2.38. The van der Waals surface area contributed by atoms with Crippen molar-refractivity contribution in [3.63, 3.8) is 0 Å². The van der Waals surface area contributed by atoms with Crippen molar-refractivity contribution in [2.75, 3.05) is 26.2 Å². The average Bonchev–Trinajstić information content (AvgIpc) is 3.17. The highest BCUT2D eigenvalue weighted by Crippen LogP contribution is 2.44. The van der Waals surface area contributed by atoms with E-state index in [0.717, 1.165) is 47.1 Å². The normalized spacial score (nSPS) is 20.4. The molecule has 6 heteroatoms. The number of rotatable bonds is 6. The summed E-state index contributed by atoms with van der Waals surface area (Å²) < 4.78 is 17.1. The Morgan fingerprint density at radius 3 is 2.74 bits per heavy atom. The Balaban J connectivity index is 1.68. The molecular weight excluding hydrogens is 360 g/mol. The Morgan fingerprint density at radius 2 is 1.96 bits per heavy atom. The van der Waals surface area contributed by atoms with Gasteiger partial charge in [-0.1, -0.05) is 18.2 Å². The zero-order valence-electron chi connectivity index (χ0n) is 15.8. The second-order valence-electron chi connectivity index (χ2n) is 6.61. The molecule has 0 unspecified atom stereocenters. The molecule has 4 rings (SSSR count). The quantitative estimate of drug-likeness (QED) is 0.742. The molecule has 142 valence electrons. The molecule has 0 N–H and O–H groups in total. The lowest BCUT2D eigenvalue weighted by atomic mass is 9.96. The number of nitrogens with zero attached hydrogens (tertiary/aromatic N) is 2. The summed E-state index contributed by atoms with van der Waals surface area (Å²) in [6.45, 7) is 0. The van der Waals surface area contributed by atoms with Crippen LogP contribution in [0.15, 0.2) is 47.6 Å². The van der Waals surface area contributed by atoms with Gasteiger partial charge >= 0.3 is 0 Å².